The van der Waals surface area contributed by atoms with Gasteiger partial charge >= 0.3 is 0 Å². The van der Waals surface area contributed by atoms with Gasteiger partial charge < -0.3 is 19.3 Å². The van der Waals surface area contributed by atoms with E-state index in [9.17, 15) is 4.79 Å². The molecular weight excluding hydrogens is 468 g/mol. The molecular formula is C29H36N4O2S. The summed E-state index contributed by atoms with van der Waals surface area (Å²) < 4.78 is 6.97. The lowest BCUT2D eigenvalue weighted by molar-refractivity contribution is -0.109. The highest BCUT2D eigenvalue weighted by Gasteiger charge is 2.43. The number of thiol groups is 1. The summed E-state index contributed by atoms with van der Waals surface area (Å²) in [7, 11) is 5.75. The first kappa shape index (κ1) is 25.9. The number of nitrogens with zero attached hydrogens (tertiary/aromatic N) is 3. The number of aromatic nitrogens is 1. The number of aryl methyl sites for hydroxylation is 1. The molecule has 1 fully saturated rings. The topological polar surface area (TPSA) is 57.7 Å². The van der Waals surface area contributed by atoms with Gasteiger partial charge in [-0.3, -0.25) is 4.79 Å². The van der Waals surface area contributed by atoms with Crippen molar-refractivity contribution >= 4 is 30.6 Å². The molecule has 2 heterocycles. The van der Waals surface area contributed by atoms with E-state index in [1.54, 1.807) is 17.0 Å². The van der Waals surface area contributed by atoms with E-state index in [0.717, 1.165) is 16.9 Å². The molecule has 1 aromatic heterocycles. The number of methoxy groups -OCH3 is 1. The van der Waals surface area contributed by atoms with Crippen molar-refractivity contribution in [3.05, 3.63) is 71.4 Å². The first-order valence-corrected chi connectivity index (χ1v) is 12.8. The third kappa shape index (κ3) is 5.46. The van der Waals surface area contributed by atoms with E-state index in [0.29, 0.717) is 24.2 Å². The van der Waals surface area contributed by atoms with Gasteiger partial charge in [0.1, 0.15) is 0 Å². The second-order valence-electron chi connectivity index (χ2n) is 9.75. The molecule has 6 nitrogen and oxygen atoms in total. The van der Waals surface area contributed by atoms with Gasteiger partial charge in [0.25, 0.3) is 0 Å². The van der Waals surface area contributed by atoms with Gasteiger partial charge in [0, 0.05) is 61.3 Å². The molecule has 36 heavy (non-hydrogen) atoms. The van der Waals surface area contributed by atoms with Gasteiger partial charge in [0.2, 0.25) is 12.3 Å². The minimum Gasteiger partial charge on any atom is -0.481 e. The van der Waals surface area contributed by atoms with Gasteiger partial charge in [-0.25, -0.2) is 4.98 Å². The quantitative estimate of drug-likeness (QED) is 0.341. The van der Waals surface area contributed by atoms with Crippen LogP contribution >= 0.6 is 12.8 Å². The minimum absolute atomic E-state index is 0.383. The molecule has 0 atom stereocenters. The molecule has 2 aliphatic rings. The maximum atomic E-state index is 10.0. The Labute approximate surface area is 220 Å². The molecule has 0 saturated heterocycles. The van der Waals surface area contributed by atoms with Crippen molar-refractivity contribution in [3.63, 3.8) is 0 Å². The van der Waals surface area contributed by atoms with Gasteiger partial charge in [-0.05, 0) is 66.8 Å². The number of fused-ring (bicyclic) bond motifs is 2. The van der Waals surface area contributed by atoms with Crippen LogP contribution in [0.25, 0.3) is 11.1 Å². The van der Waals surface area contributed by atoms with Crippen LogP contribution in [0.15, 0.2) is 54.6 Å². The number of anilines is 2. The first-order chi connectivity index (χ1) is 17.4. The third-order valence-corrected chi connectivity index (χ3v) is 7.59. The molecule has 0 unspecified atom stereocenters. The van der Waals surface area contributed by atoms with Gasteiger partial charge in [-0.1, -0.05) is 43.9 Å². The summed E-state index contributed by atoms with van der Waals surface area (Å²) in [4.78, 5) is 17.0. The van der Waals surface area contributed by atoms with Crippen LogP contribution < -0.4 is 19.3 Å². The number of ether oxygens (including phenoxy) is 1. The van der Waals surface area contributed by atoms with Crippen molar-refractivity contribution in [2.75, 3.05) is 37.0 Å². The molecule has 0 radical (unpaired) electrons. The fourth-order valence-electron chi connectivity index (χ4n) is 5.51. The van der Waals surface area contributed by atoms with E-state index >= 15 is 0 Å². The first-order valence-electron chi connectivity index (χ1n) is 12.4. The third-order valence-electron chi connectivity index (χ3n) is 7.36. The number of rotatable bonds is 6. The van der Waals surface area contributed by atoms with Crippen molar-refractivity contribution in [3.8, 4) is 17.0 Å². The predicted octanol–water partition coefficient (Wildman–Crippen LogP) is 5.54. The maximum absolute atomic E-state index is 10.0. The number of amides is 1. The summed E-state index contributed by atoms with van der Waals surface area (Å²) in [5, 5.41) is 2.60. The number of carbonyl (C=O) groups excluding carboxylic acids is 1. The molecule has 1 aliphatic heterocycles. The zero-order chi connectivity index (χ0) is 25.7. The van der Waals surface area contributed by atoms with Gasteiger partial charge in [0.15, 0.2) is 0 Å². The van der Waals surface area contributed by atoms with Crippen molar-refractivity contribution in [1.82, 2.24) is 10.3 Å². The standard InChI is InChI=1S/C20H24N2O.C9H12N2OS/c1-14-16(7-9-19(21-14)23-3)15-6-8-18-17(12-15)20(13-22(18)2)10-4-5-11-20;1-11(13)9-4-2-8(3-5-9)6-10-7-12/h6-9,12H,4-5,10-11,13H2,1-3H3;2-5,7,13H,6H2,1H3,(H,10,12). The monoisotopic (exact) mass is 504 g/mol. The highest BCUT2D eigenvalue weighted by molar-refractivity contribution is 7.81. The molecule has 3 aromatic rings. The Hall–Kier alpha value is -3.19. The van der Waals surface area contributed by atoms with Crippen LogP contribution in [0.1, 0.15) is 42.5 Å². The number of carbonyl (C=O) groups is 1. The minimum atomic E-state index is 0.383. The predicted molar refractivity (Wildman–Crippen MR) is 151 cm³/mol. The molecule has 1 aliphatic carbocycles. The Morgan fingerprint density at radius 1 is 1.14 bits per heavy atom. The average Bonchev–Trinajstić information content (AvgIpc) is 3.47. The molecule has 7 heteroatoms. The molecule has 190 valence electrons. The highest BCUT2D eigenvalue weighted by atomic mass is 32.1. The zero-order valence-corrected chi connectivity index (χ0v) is 22.5. The van der Waals surface area contributed by atoms with Crippen LogP contribution in [0.3, 0.4) is 0 Å². The smallest absolute Gasteiger partial charge is 0.213 e. The van der Waals surface area contributed by atoms with Crippen molar-refractivity contribution in [1.29, 1.82) is 0 Å². The van der Waals surface area contributed by atoms with E-state index in [4.69, 9.17) is 4.74 Å². The van der Waals surface area contributed by atoms with Gasteiger partial charge in [-0.15, -0.1) is 0 Å². The normalized spacial score (nSPS) is 15.2. The molecule has 5 rings (SSSR count). The average molecular weight is 505 g/mol. The lowest BCUT2D eigenvalue weighted by Crippen LogP contribution is -2.28. The Balaban J connectivity index is 0.000000200. The number of hydrogen-bond acceptors (Lipinski definition) is 6. The summed E-state index contributed by atoms with van der Waals surface area (Å²) in [6.45, 7) is 3.80. The maximum Gasteiger partial charge on any atom is 0.213 e. The Morgan fingerprint density at radius 3 is 2.47 bits per heavy atom. The van der Waals surface area contributed by atoms with Crippen LogP contribution in [0.2, 0.25) is 0 Å². The van der Waals surface area contributed by atoms with Crippen LogP contribution in [0.5, 0.6) is 5.88 Å². The van der Waals surface area contributed by atoms with E-state index < -0.39 is 0 Å². The number of benzene rings is 2. The molecule has 2 aromatic carbocycles. The van der Waals surface area contributed by atoms with Crippen molar-refractivity contribution in [2.45, 2.75) is 44.6 Å². The van der Waals surface area contributed by atoms with Crippen LogP contribution in [-0.2, 0) is 16.8 Å². The number of likely N-dealkylation sites (N-methyl/N-ethyl adjacent to an activating group) is 1. The van der Waals surface area contributed by atoms with Crippen LogP contribution in [0.4, 0.5) is 11.4 Å². The van der Waals surface area contributed by atoms with E-state index in [1.807, 2.05) is 37.4 Å². The van der Waals surface area contributed by atoms with E-state index in [2.05, 4.69) is 66.3 Å². The number of hydrogen-bond donors (Lipinski definition) is 2. The largest absolute Gasteiger partial charge is 0.481 e. The van der Waals surface area contributed by atoms with E-state index in [-0.39, 0.29) is 0 Å². The van der Waals surface area contributed by atoms with Crippen molar-refractivity contribution < 1.29 is 9.53 Å². The molecule has 1 amide bonds. The SMILES string of the molecule is CN(S)c1ccc(CNC=O)cc1.COc1ccc(-c2ccc3c(c2)C2(CCCC2)CN3C)c(C)n1. The molecule has 1 spiro atoms. The second-order valence-corrected chi connectivity index (χ2v) is 10.4. The van der Waals surface area contributed by atoms with E-state index in [1.165, 1.54) is 49.0 Å². The van der Waals surface area contributed by atoms with Crippen LogP contribution in [0, 0.1) is 6.92 Å². The van der Waals surface area contributed by atoms with Gasteiger partial charge in [-0.2, -0.15) is 0 Å². The summed E-state index contributed by atoms with van der Waals surface area (Å²) in [6.07, 6.45) is 6.07. The summed E-state index contributed by atoms with van der Waals surface area (Å²) >= 11 is 4.15. The molecule has 1 N–H and O–H groups in total. The Morgan fingerprint density at radius 2 is 1.86 bits per heavy atom. The molecule has 1 saturated carbocycles. The fraction of sp³-hybridized carbons (Fsp3) is 0.379. The number of pyridine rings is 1. The van der Waals surface area contributed by atoms with Crippen LogP contribution in [-0.4, -0.2) is 39.1 Å². The molecule has 0 bridgehead atoms. The number of nitrogens with one attached hydrogen (secondary N) is 1. The lowest BCUT2D eigenvalue weighted by Gasteiger charge is -2.24. The van der Waals surface area contributed by atoms with Crippen molar-refractivity contribution in [2.24, 2.45) is 0 Å². The zero-order valence-electron chi connectivity index (χ0n) is 21.6. The second kappa shape index (κ2) is 11.2. The Bertz CT molecular complexity index is 1190. The van der Waals surface area contributed by atoms with Gasteiger partial charge in [0.05, 0.1) is 7.11 Å². The Kier molecular flexibility index (Phi) is 8.09. The summed E-state index contributed by atoms with van der Waals surface area (Å²) in [5.41, 5.74) is 8.95. The fourth-order valence-corrected chi connectivity index (χ4v) is 5.64. The summed E-state index contributed by atoms with van der Waals surface area (Å²) in [5.74, 6) is 0.680. The highest BCUT2D eigenvalue weighted by Crippen LogP contribution is 2.50. The summed E-state index contributed by atoms with van der Waals surface area (Å²) in [6, 6.07) is 18.8. The lowest BCUT2D eigenvalue weighted by atomic mass is 9.80.